The molecule has 1 fully saturated rings. The third kappa shape index (κ3) is 4.20. The molecule has 0 radical (unpaired) electrons. The predicted molar refractivity (Wildman–Crippen MR) is 80.0 cm³/mol. The lowest BCUT2D eigenvalue weighted by Gasteiger charge is -2.37. The summed E-state index contributed by atoms with van der Waals surface area (Å²) in [6.07, 6.45) is 4.58. The summed E-state index contributed by atoms with van der Waals surface area (Å²) in [6.45, 7) is 6.92. The number of carbonyl (C=O) groups excluding carboxylic acids is 2. The fourth-order valence-corrected chi connectivity index (χ4v) is 2.66. The summed E-state index contributed by atoms with van der Waals surface area (Å²) in [6, 6.07) is -0.503. The van der Waals surface area contributed by atoms with E-state index >= 15 is 0 Å². The van der Waals surface area contributed by atoms with Crippen molar-refractivity contribution in [1.82, 2.24) is 10.6 Å². The first-order chi connectivity index (χ1) is 9.45. The standard InChI is InChI=1S/C15H29N3O2/c1-4-9-17-13(19)12(3)18-14(20)15(10-16)7-5-11(2)6-8-15/h11-12H,4-10,16H2,1-3H3,(H,17,19)(H,18,20). The van der Waals surface area contributed by atoms with Gasteiger partial charge in [-0.3, -0.25) is 9.59 Å². The largest absolute Gasteiger partial charge is 0.354 e. The van der Waals surface area contributed by atoms with Gasteiger partial charge in [0.15, 0.2) is 0 Å². The van der Waals surface area contributed by atoms with E-state index in [2.05, 4.69) is 17.6 Å². The number of rotatable bonds is 6. The maximum absolute atomic E-state index is 12.5. The van der Waals surface area contributed by atoms with Gasteiger partial charge < -0.3 is 16.4 Å². The van der Waals surface area contributed by atoms with E-state index in [0.717, 1.165) is 32.1 Å². The molecule has 0 heterocycles. The van der Waals surface area contributed by atoms with Gasteiger partial charge in [0.1, 0.15) is 6.04 Å². The average molecular weight is 283 g/mol. The minimum absolute atomic E-state index is 0.0638. The number of hydrogen-bond acceptors (Lipinski definition) is 3. The molecule has 1 unspecified atom stereocenters. The van der Waals surface area contributed by atoms with Crippen molar-refractivity contribution in [3.05, 3.63) is 0 Å². The van der Waals surface area contributed by atoms with Crippen LogP contribution in [0.5, 0.6) is 0 Å². The van der Waals surface area contributed by atoms with Crippen molar-refractivity contribution in [3.63, 3.8) is 0 Å². The van der Waals surface area contributed by atoms with E-state index in [1.807, 2.05) is 6.92 Å². The molecule has 116 valence electrons. The Hall–Kier alpha value is -1.10. The minimum atomic E-state index is -0.503. The molecule has 5 nitrogen and oxygen atoms in total. The second kappa shape index (κ2) is 7.62. The van der Waals surface area contributed by atoms with E-state index in [4.69, 9.17) is 5.73 Å². The lowest BCUT2D eigenvalue weighted by atomic mass is 9.70. The Labute approximate surface area is 122 Å². The van der Waals surface area contributed by atoms with E-state index in [0.29, 0.717) is 19.0 Å². The van der Waals surface area contributed by atoms with Crippen LogP contribution in [0, 0.1) is 11.3 Å². The van der Waals surface area contributed by atoms with Crippen LogP contribution in [0.25, 0.3) is 0 Å². The molecule has 1 saturated carbocycles. The molecule has 2 amide bonds. The van der Waals surface area contributed by atoms with Crippen LogP contribution >= 0.6 is 0 Å². The highest BCUT2D eigenvalue weighted by atomic mass is 16.2. The summed E-state index contributed by atoms with van der Waals surface area (Å²) in [5.41, 5.74) is 5.37. The Bertz CT molecular complexity index is 336. The van der Waals surface area contributed by atoms with E-state index in [1.54, 1.807) is 6.92 Å². The first kappa shape index (κ1) is 17.0. The van der Waals surface area contributed by atoms with E-state index in [9.17, 15) is 9.59 Å². The molecule has 0 aromatic heterocycles. The summed E-state index contributed by atoms with van der Waals surface area (Å²) in [5, 5.41) is 5.63. The van der Waals surface area contributed by atoms with E-state index in [-0.39, 0.29) is 11.8 Å². The summed E-state index contributed by atoms with van der Waals surface area (Å²) in [4.78, 5) is 24.3. The van der Waals surface area contributed by atoms with Crippen LogP contribution in [0.15, 0.2) is 0 Å². The van der Waals surface area contributed by atoms with Crippen LogP contribution in [0.2, 0.25) is 0 Å². The van der Waals surface area contributed by atoms with E-state index in [1.165, 1.54) is 0 Å². The molecule has 0 bridgehead atoms. The summed E-state index contributed by atoms with van der Waals surface area (Å²) < 4.78 is 0. The molecule has 0 aliphatic heterocycles. The van der Waals surface area contributed by atoms with Crippen molar-refractivity contribution in [2.45, 2.75) is 58.9 Å². The second-order valence-electron chi connectivity index (χ2n) is 6.15. The third-order valence-corrected chi connectivity index (χ3v) is 4.39. The van der Waals surface area contributed by atoms with Gasteiger partial charge in [0.25, 0.3) is 0 Å². The average Bonchev–Trinajstić information content (AvgIpc) is 2.45. The zero-order valence-electron chi connectivity index (χ0n) is 13.0. The Morgan fingerprint density at radius 1 is 1.35 bits per heavy atom. The first-order valence-corrected chi connectivity index (χ1v) is 7.74. The molecule has 1 atom stereocenters. The minimum Gasteiger partial charge on any atom is -0.354 e. The number of hydrogen-bond donors (Lipinski definition) is 3. The molecule has 4 N–H and O–H groups in total. The quantitative estimate of drug-likeness (QED) is 0.684. The molecule has 0 spiro atoms. The van der Waals surface area contributed by atoms with Crippen LogP contribution in [0.3, 0.4) is 0 Å². The van der Waals surface area contributed by atoms with Crippen LogP contribution < -0.4 is 16.4 Å². The van der Waals surface area contributed by atoms with Gasteiger partial charge in [-0.25, -0.2) is 0 Å². The highest BCUT2D eigenvalue weighted by Crippen LogP contribution is 2.38. The molecular formula is C15H29N3O2. The van der Waals surface area contributed by atoms with Crippen LogP contribution in [-0.2, 0) is 9.59 Å². The molecule has 0 saturated heterocycles. The highest BCUT2D eigenvalue weighted by Gasteiger charge is 2.40. The second-order valence-corrected chi connectivity index (χ2v) is 6.15. The van der Waals surface area contributed by atoms with Crippen molar-refractivity contribution in [2.24, 2.45) is 17.1 Å². The fraction of sp³-hybridized carbons (Fsp3) is 0.867. The van der Waals surface area contributed by atoms with Gasteiger partial charge in [0.2, 0.25) is 11.8 Å². The zero-order valence-corrected chi connectivity index (χ0v) is 13.0. The Morgan fingerprint density at radius 3 is 2.45 bits per heavy atom. The van der Waals surface area contributed by atoms with Gasteiger partial charge in [0.05, 0.1) is 5.41 Å². The summed E-state index contributed by atoms with van der Waals surface area (Å²) in [7, 11) is 0. The molecular weight excluding hydrogens is 254 g/mol. The van der Waals surface area contributed by atoms with Crippen molar-refractivity contribution < 1.29 is 9.59 Å². The fourth-order valence-electron chi connectivity index (χ4n) is 2.66. The lowest BCUT2D eigenvalue weighted by Crippen LogP contribution is -2.53. The topological polar surface area (TPSA) is 84.2 Å². The molecule has 0 aromatic carbocycles. The van der Waals surface area contributed by atoms with Crippen LogP contribution in [0.1, 0.15) is 52.9 Å². The van der Waals surface area contributed by atoms with Gasteiger partial charge >= 0.3 is 0 Å². The smallest absolute Gasteiger partial charge is 0.242 e. The zero-order chi connectivity index (χ0) is 15.2. The van der Waals surface area contributed by atoms with Crippen LogP contribution in [-0.4, -0.2) is 30.9 Å². The lowest BCUT2D eigenvalue weighted by molar-refractivity contribution is -0.136. The molecule has 1 rings (SSSR count). The normalized spacial score (nSPS) is 27.7. The van der Waals surface area contributed by atoms with Crippen molar-refractivity contribution in [2.75, 3.05) is 13.1 Å². The Morgan fingerprint density at radius 2 is 1.95 bits per heavy atom. The molecule has 0 aromatic rings. The third-order valence-electron chi connectivity index (χ3n) is 4.39. The Balaban J connectivity index is 2.57. The number of carbonyl (C=O) groups is 2. The molecule has 5 heteroatoms. The van der Waals surface area contributed by atoms with Crippen molar-refractivity contribution >= 4 is 11.8 Å². The first-order valence-electron chi connectivity index (χ1n) is 7.74. The monoisotopic (exact) mass is 283 g/mol. The summed E-state index contributed by atoms with van der Waals surface area (Å²) in [5.74, 6) is 0.468. The number of nitrogens with two attached hydrogens (primary N) is 1. The predicted octanol–water partition coefficient (Wildman–Crippen LogP) is 1.17. The molecule has 1 aliphatic rings. The molecule has 20 heavy (non-hydrogen) atoms. The van der Waals surface area contributed by atoms with Gasteiger partial charge in [-0.1, -0.05) is 13.8 Å². The molecule has 1 aliphatic carbocycles. The van der Waals surface area contributed by atoms with Crippen LogP contribution in [0.4, 0.5) is 0 Å². The number of nitrogens with one attached hydrogen (secondary N) is 2. The van der Waals surface area contributed by atoms with E-state index < -0.39 is 11.5 Å². The SMILES string of the molecule is CCCNC(=O)C(C)NC(=O)C1(CN)CCC(C)CC1. The van der Waals surface area contributed by atoms with Gasteiger partial charge in [-0.05, 0) is 44.9 Å². The maximum atomic E-state index is 12.5. The van der Waals surface area contributed by atoms with Crippen molar-refractivity contribution in [3.8, 4) is 0 Å². The summed E-state index contributed by atoms with van der Waals surface area (Å²) >= 11 is 0. The van der Waals surface area contributed by atoms with Gasteiger partial charge in [-0.2, -0.15) is 0 Å². The Kier molecular flexibility index (Phi) is 6.46. The maximum Gasteiger partial charge on any atom is 0.242 e. The van der Waals surface area contributed by atoms with Gasteiger partial charge in [0, 0.05) is 13.1 Å². The van der Waals surface area contributed by atoms with Crippen molar-refractivity contribution in [1.29, 1.82) is 0 Å². The van der Waals surface area contributed by atoms with Gasteiger partial charge in [-0.15, -0.1) is 0 Å². The number of amides is 2. The highest BCUT2D eigenvalue weighted by molar-refractivity contribution is 5.90.